The van der Waals surface area contributed by atoms with Gasteiger partial charge in [0.1, 0.15) is 7.85 Å². The first-order valence-electron chi connectivity index (χ1n) is 1.12. The van der Waals surface area contributed by atoms with Gasteiger partial charge < -0.3 is 0 Å². The molecule has 0 aromatic carbocycles. The summed E-state index contributed by atoms with van der Waals surface area (Å²) in [6.45, 7) is 0. The Balaban J connectivity index is 3.11. The van der Waals surface area contributed by atoms with E-state index >= 15 is 0 Å². The van der Waals surface area contributed by atoms with E-state index in [1.54, 1.807) is 13.8 Å². The Hall–Kier alpha value is -0.485. The van der Waals surface area contributed by atoms with Gasteiger partial charge in [0, 0.05) is 0 Å². The van der Waals surface area contributed by atoms with Crippen molar-refractivity contribution in [3.8, 4) is 0 Å². The lowest BCUT2D eigenvalue weighted by atomic mass is 10.2. The molecular formula is C2H4BN. The molecule has 0 aliphatic heterocycles. The first kappa shape index (κ1) is 3.51. The summed E-state index contributed by atoms with van der Waals surface area (Å²) in [4.78, 5) is 0. The predicted octanol–water partition coefficient (Wildman–Crippen LogP) is -0.618. The van der Waals surface area contributed by atoms with Gasteiger partial charge >= 0.3 is 0 Å². The molecular weight excluding hydrogens is 48.8 g/mol. The molecule has 0 aliphatic carbocycles. The van der Waals surface area contributed by atoms with Crippen molar-refractivity contribution in [1.29, 1.82) is 5.41 Å². The molecule has 0 atom stereocenters. The number of rotatable bonds is 0. The molecule has 0 bridgehead atoms. The first-order valence-corrected chi connectivity index (χ1v) is 1.12. The average Bonchev–Trinajstić information content (AvgIpc) is 1.37. The van der Waals surface area contributed by atoms with Crippen molar-refractivity contribution in [3.63, 3.8) is 0 Å². The van der Waals surface area contributed by atoms with E-state index in [1.807, 2.05) is 0 Å². The Morgan fingerprint density at radius 1 is 2.00 bits per heavy atom. The van der Waals surface area contributed by atoms with Crippen LogP contribution in [0.15, 0.2) is 5.98 Å². The highest BCUT2D eigenvalue weighted by Crippen LogP contribution is 1.24. The lowest BCUT2D eigenvalue weighted by molar-refractivity contribution is 1.60. The molecule has 0 rings (SSSR count). The van der Waals surface area contributed by atoms with Gasteiger partial charge in [0.2, 0.25) is 0 Å². The van der Waals surface area contributed by atoms with Gasteiger partial charge in [0.15, 0.2) is 0 Å². The fourth-order valence-corrected chi connectivity index (χ4v) is 0. The standard InChI is InChI=1S/C2H4BN/c3-1-2-4/h1,4H,3H2. The van der Waals surface area contributed by atoms with Crippen LogP contribution >= 0.6 is 0 Å². The fraction of sp³-hybridized carbons (Fsp3) is 0. The summed E-state index contributed by atoms with van der Waals surface area (Å²) in [5, 5.41) is 6.15. The van der Waals surface area contributed by atoms with Crippen molar-refractivity contribution in [2.75, 3.05) is 0 Å². The maximum Gasteiger partial charge on any atom is 0.141 e. The third-order valence-electron chi connectivity index (χ3n) is 0.144. The molecule has 1 nitrogen and oxygen atoms in total. The summed E-state index contributed by atoms with van der Waals surface area (Å²) in [5.41, 5.74) is 0. The summed E-state index contributed by atoms with van der Waals surface area (Å²) in [6, 6.07) is 0. The average molecular weight is 52.9 g/mol. The Kier molecular flexibility index (Phi) is 2.21. The molecule has 4 heavy (non-hydrogen) atoms. The molecule has 0 spiro atoms. The Bertz CT molecular complexity index is 44.0. The molecule has 0 aliphatic rings. The van der Waals surface area contributed by atoms with E-state index in [-0.39, 0.29) is 0 Å². The predicted molar refractivity (Wildman–Crippen MR) is 20.8 cm³/mol. The number of hydrogen-bond donors (Lipinski definition) is 1. The topological polar surface area (TPSA) is 23.9 Å². The van der Waals surface area contributed by atoms with E-state index in [9.17, 15) is 0 Å². The van der Waals surface area contributed by atoms with Crippen LogP contribution in [0.5, 0.6) is 0 Å². The summed E-state index contributed by atoms with van der Waals surface area (Å²) in [5.74, 6) is 3.60. The molecule has 0 heterocycles. The SMILES string of the molecule is BC=C=N. The minimum Gasteiger partial charge on any atom is -0.260 e. The molecule has 2 heteroatoms. The monoisotopic (exact) mass is 53.0 g/mol. The van der Waals surface area contributed by atoms with Crippen molar-refractivity contribution in [1.82, 2.24) is 0 Å². The van der Waals surface area contributed by atoms with Crippen molar-refractivity contribution in [2.24, 2.45) is 0 Å². The van der Waals surface area contributed by atoms with E-state index in [0.29, 0.717) is 0 Å². The molecule has 0 saturated heterocycles. The molecule has 0 amide bonds. The second-order valence-electron chi connectivity index (χ2n) is 0.433. The van der Waals surface area contributed by atoms with Gasteiger partial charge in [-0.05, 0) is 5.87 Å². The highest BCUT2D eigenvalue weighted by atomic mass is 14.3. The minimum atomic E-state index is 1.54. The number of hydrogen-bond acceptors (Lipinski definition) is 1. The quantitative estimate of drug-likeness (QED) is 0.281. The number of nitrogens with one attached hydrogen (secondary N) is 1. The third-order valence-corrected chi connectivity index (χ3v) is 0.144. The van der Waals surface area contributed by atoms with Gasteiger partial charge in [0.25, 0.3) is 0 Å². The minimum absolute atomic E-state index is 1.54. The highest BCUT2D eigenvalue weighted by molar-refractivity contribution is 6.20. The van der Waals surface area contributed by atoms with E-state index in [4.69, 9.17) is 5.41 Å². The summed E-state index contributed by atoms with van der Waals surface area (Å²) in [6.07, 6.45) is 0. The van der Waals surface area contributed by atoms with Crippen LogP contribution in [0.2, 0.25) is 0 Å². The second kappa shape index (κ2) is 2.51. The highest BCUT2D eigenvalue weighted by Gasteiger charge is 1.30. The largest absolute Gasteiger partial charge is 0.260 e. The fourth-order valence-electron chi connectivity index (χ4n) is 0. The van der Waals surface area contributed by atoms with Crippen molar-refractivity contribution < 1.29 is 0 Å². The van der Waals surface area contributed by atoms with Gasteiger partial charge in [-0.15, -0.1) is 0 Å². The van der Waals surface area contributed by atoms with Crippen LogP contribution in [-0.4, -0.2) is 13.7 Å². The van der Waals surface area contributed by atoms with Crippen LogP contribution in [0.4, 0.5) is 0 Å². The van der Waals surface area contributed by atoms with E-state index < -0.39 is 0 Å². The van der Waals surface area contributed by atoms with Gasteiger partial charge in [-0.25, -0.2) is 0 Å². The van der Waals surface area contributed by atoms with Crippen molar-refractivity contribution in [3.05, 3.63) is 5.98 Å². The van der Waals surface area contributed by atoms with Crippen LogP contribution in [-0.2, 0) is 0 Å². The molecule has 0 aromatic heterocycles. The maximum atomic E-state index is 6.15. The Morgan fingerprint density at radius 3 is 2.25 bits per heavy atom. The van der Waals surface area contributed by atoms with Gasteiger partial charge in [-0.2, -0.15) is 0 Å². The first-order chi connectivity index (χ1) is 1.91. The summed E-state index contributed by atoms with van der Waals surface area (Å²) >= 11 is 0. The summed E-state index contributed by atoms with van der Waals surface area (Å²) < 4.78 is 0. The lowest BCUT2D eigenvalue weighted by Crippen LogP contribution is -1.42. The molecule has 0 radical (unpaired) electrons. The van der Waals surface area contributed by atoms with Crippen molar-refractivity contribution >= 4 is 13.7 Å². The zero-order valence-corrected chi connectivity index (χ0v) is 2.58. The molecule has 0 unspecified atom stereocenters. The zero-order chi connectivity index (χ0) is 3.41. The second-order valence-corrected chi connectivity index (χ2v) is 0.433. The van der Waals surface area contributed by atoms with Crippen LogP contribution < -0.4 is 0 Å². The Labute approximate surface area is 26.3 Å². The van der Waals surface area contributed by atoms with Crippen molar-refractivity contribution in [2.45, 2.75) is 0 Å². The third kappa shape index (κ3) is 1.51. The summed E-state index contributed by atoms with van der Waals surface area (Å²) in [7, 11) is 1.76. The van der Waals surface area contributed by atoms with E-state index in [1.165, 1.54) is 0 Å². The molecule has 0 saturated carbocycles. The molecule has 1 N–H and O–H groups in total. The zero-order valence-electron chi connectivity index (χ0n) is 2.58. The molecule has 0 aromatic rings. The van der Waals surface area contributed by atoms with Gasteiger partial charge in [0.05, 0.1) is 0 Å². The maximum absolute atomic E-state index is 6.15. The normalized spacial score (nSPS) is 4.00. The van der Waals surface area contributed by atoms with E-state index in [0.717, 1.165) is 0 Å². The van der Waals surface area contributed by atoms with Crippen LogP contribution in [0.1, 0.15) is 0 Å². The lowest BCUT2D eigenvalue weighted by Gasteiger charge is -1.34. The van der Waals surface area contributed by atoms with Gasteiger partial charge in [-0.1, -0.05) is 5.98 Å². The van der Waals surface area contributed by atoms with Crippen LogP contribution in [0.3, 0.4) is 0 Å². The van der Waals surface area contributed by atoms with Crippen LogP contribution in [0, 0.1) is 5.41 Å². The van der Waals surface area contributed by atoms with Crippen LogP contribution in [0.25, 0.3) is 0 Å². The van der Waals surface area contributed by atoms with E-state index in [2.05, 4.69) is 5.87 Å². The Morgan fingerprint density at radius 2 is 2.25 bits per heavy atom. The van der Waals surface area contributed by atoms with Gasteiger partial charge in [-0.3, -0.25) is 5.41 Å². The smallest absolute Gasteiger partial charge is 0.141 e. The molecule has 0 fully saturated rings. The molecule has 20 valence electrons.